The minimum absolute atomic E-state index is 0.274. The molecule has 2 rings (SSSR count). The fourth-order valence-electron chi connectivity index (χ4n) is 2.14. The molecular weight excluding hydrogens is 250 g/mol. The maximum absolute atomic E-state index is 8.87. The number of hydrogen-bond acceptors (Lipinski definition) is 3. The minimum Gasteiger partial charge on any atom is -0.494 e. The molecule has 0 amide bonds. The fourth-order valence-corrected chi connectivity index (χ4v) is 2.14. The van der Waals surface area contributed by atoms with Gasteiger partial charge < -0.3 is 9.84 Å². The van der Waals surface area contributed by atoms with Crippen molar-refractivity contribution in [2.24, 2.45) is 0 Å². The van der Waals surface area contributed by atoms with Crippen LogP contribution in [0, 0.1) is 11.3 Å². The van der Waals surface area contributed by atoms with Crippen molar-refractivity contribution in [2.75, 3.05) is 13.2 Å². The van der Waals surface area contributed by atoms with Crippen LogP contribution in [0.2, 0.25) is 0 Å². The number of hydrogen-bond donors (Lipinski definition) is 1. The van der Waals surface area contributed by atoms with Crippen molar-refractivity contribution in [3.63, 3.8) is 0 Å². The van der Waals surface area contributed by atoms with E-state index in [2.05, 4.69) is 6.07 Å². The normalized spacial score (nSPS) is 10.4. The van der Waals surface area contributed by atoms with Gasteiger partial charge >= 0.3 is 0 Å². The predicted octanol–water partition coefficient (Wildman–Crippen LogP) is 3.64. The topological polar surface area (TPSA) is 53.2 Å². The number of aliphatic hydroxyl groups is 1. The number of aliphatic hydroxyl groups excluding tert-OH is 1. The van der Waals surface area contributed by atoms with E-state index in [1.54, 1.807) is 0 Å². The number of benzene rings is 2. The predicted molar refractivity (Wildman–Crippen MR) is 79.7 cm³/mol. The van der Waals surface area contributed by atoms with Crippen LogP contribution in [0.25, 0.3) is 10.8 Å². The molecule has 1 N–H and O–H groups in total. The lowest BCUT2D eigenvalue weighted by atomic mass is 10.1. The third-order valence-electron chi connectivity index (χ3n) is 3.26. The van der Waals surface area contributed by atoms with Gasteiger partial charge in [0.1, 0.15) is 5.75 Å². The van der Waals surface area contributed by atoms with Crippen molar-refractivity contribution >= 4 is 10.8 Å². The van der Waals surface area contributed by atoms with Gasteiger partial charge in [-0.2, -0.15) is 5.26 Å². The third-order valence-corrected chi connectivity index (χ3v) is 3.26. The van der Waals surface area contributed by atoms with E-state index in [9.17, 15) is 0 Å². The van der Waals surface area contributed by atoms with Crippen molar-refractivity contribution in [1.82, 2.24) is 0 Å². The summed E-state index contributed by atoms with van der Waals surface area (Å²) in [7, 11) is 0. The Hall–Kier alpha value is -2.05. The Morgan fingerprint density at radius 3 is 2.50 bits per heavy atom. The maximum atomic E-state index is 8.87. The molecule has 104 valence electrons. The van der Waals surface area contributed by atoms with Crippen LogP contribution in [0.1, 0.15) is 31.2 Å². The maximum Gasteiger partial charge on any atom is 0.119 e. The number of fused-ring (bicyclic) bond motifs is 1. The van der Waals surface area contributed by atoms with Gasteiger partial charge in [-0.3, -0.25) is 0 Å². The van der Waals surface area contributed by atoms with Crippen LogP contribution < -0.4 is 4.74 Å². The Morgan fingerprint density at radius 1 is 0.950 bits per heavy atom. The van der Waals surface area contributed by atoms with Gasteiger partial charge in [0.25, 0.3) is 0 Å². The molecule has 0 unspecified atom stereocenters. The molecule has 20 heavy (non-hydrogen) atoms. The summed E-state index contributed by atoms with van der Waals surface area (Å²) in [4.78, 5) is 0. The third kappa shape index (κ3) is 3.97. The zero-order valence-corrected chi connectivity index (χ0v) is 11.5. The average molecular weight is 269 g/mol. The van der Waals surface area contributed by atoms with Crippen LogP contribution in [0.15, 0.2) is 36.4 Å². The van der Waals surface area contributed by atoms with Crippen molar-refractivity contribution in [1.29, 1.82) is 5.26 Å². The van der Waals surface area contributed by atoms with Crippen molar-refractivity contribution in [3.8, 4) is 11.8 Å². The summed E-state index contributed by atoms with van der Waals surface area (Å²) in [5.74, 6) is 0.865. The molecule has 2 aromatic carbocycles. The zero-order chi connectivity index (χ0) is 14.2. The van der Waals surface area contributed by atoms with E-state index in [4.69, 9.17) is 15.1 Å². The highest BCUT2D eigenvalue weighted by Crippen LogP contribution is 2.22. The minimum atomic E-state index is 0.274. The molecule has 0 saturated carbocycles. The molecule has 0 radical (unpaired) electrons. The second kappa shape index (κ2) is 7.52. The van der Waals surface area contributed by atoms with Crippen LogP contribution in [0.4, 0.5) is 0 Å². The summed E-state index contributed by atoms with van der Waals surface area (Å²) in [6.45, 7) is 0.976. The quantitative estimate of drug-likeness (QED) is 0.781. The molecule has 3 heteroatoms. The summed E-state index contributed by atoms with van der Waals surface area (Å²) in [6.07, 6.45) is 4.01. The number of nitriles is 1. The molecule has 0 aromatic heterocycles. The van der Waals surface area contributed by atoms with Gasteiger partial charge in [0.05, 0.1) is 18.2 Å². The molecule has 0 heterocycles. The Balaban J connectivity index is 1.90. The summed E-state index contributed by atoms with van der Waals surface area (Å²) in [5, 5.41) is 19.7. The van der Waals surface area contributed by atoms with Gasteiger partial charge in [-0.1, -0.05) is 18.6 Å². The molecule has 0 aliphatic heterocycles. The van der Waals surface area contributed by atoms with Crippen molar-refractivity contribution in [3.05, 3.63) is 42.0 Å². The molecule has 0 bridgehead atoms. The second-order valence-electron chi connectivity index (χ2n) is 4.82. The number of nitrogens with zero attached hydrogens (tertiary/aromatic N) is 1. The molecule has 2 aromatic rings. The van der Waals surface area contributed by atoms with E-state index in [0.29, 0.717) is 12.2 Å². The first-order chi connectivity index (χ1) is 9.83. The van der Waals surface area contributed by atoms with Crippen LogP contribution in [0.3, 0.4) is 0 Å². The van der Waals surface area contributed by atoms with Gasteiger partial charge in [0.2, 0.25) is 0 Å². The van der Waals surface area contributed by atoms with Crippen LogP contribution >= 0.6 is 0 Å². The first-order valence-electron chi connectivity index (χ1n) is 7.01. The Labute approximate surface area is 119 Å². The van der Waals surface area contributed by atoms with Gasteiger partial charge in [0.15, 0.2) is 0 Å². The zero-order valence-electron chi connectivity index (χ0n) is 11.5. The SMILES string of the molecule is N#Cc1ccc2cc(OCCCCCCO)ccc2c1. The van der Waals surface area contributed by atoms with Gasteiger partial charge in [-0.25, -0.2) is 0 Å². The lowest BCUT2D eigenvalue weighted by Gasteiger charge is -2.07. The highest BCUT2D eigenvalue weighted by Gasteiger charge is 1.99. The van der Waals surface area contributed by atoms with Gasteiger partial charge in [0, 0.05) is 6.61 Å². The smallest absolute Gasteiger partial charge is 0.119 e. The van der Waals surface area contributed by atoms with Crippen molar-refractivity contribution < 1.29 is 9.84 Å². The highest BCUT2D eigenvalue weighted by atomic mass is 16.5. The molecule has 3 nitrogen and oxygen atoms in total. The van der Waals surface area contributed by atoms with E-state index >= 15 is 0 Å². The molecule has 0 saturated heterocycles. The summed E-state index contributed by atoms with van der Waals surface area (Å²) in [5.41, 5.74) is 0.676. The first kappa shape index (κ1) is 14.4. The number of unbranched alkanes of at least 4 members (excludes halogenated alkanes) is 3. The Morgan fingerprint density at radius 2 is 1.70 bits per heavy atom. The first-order valence-corrected chi connectivity index (χ1v) is 7.01. The van der Waals surface area contributed by atoms with Gasteiger partial charge in [-0.05, 0) is 54.3 Å². The van der Waals surface area contributed by atoms with E-state index < -0.39 is 0 Å². The second-order valence-corrected chi connectivity index (χ2v) is 4.82. The highest BCUT2D eigenvalue weighted by molar-refractivity contribution is 5.85. The van der Waals surface area contributed by atoms with Crippen LogP contribution in [0.5, 0.6) is 5.75 Å². The Bertz CT molecular complexity index is 601. The molecular formula is C17H19NO2. The molecule has 0 atom stereocenters. The van der Waals surface area contributed by atoms with Crippen LogP contribution in [-0.2, 0) is 0 Å². The van der Waals surface area contributed by atoms with Crippen molar-refractivity contribution in [2.45, 2.75) is 25.7 Å². The summed E-state index contributed by atoms with van der Waals surface area (Å²) in [6, 6.07) is 13.7. The number of rotatable bonds is 7. The summed E-state index contributed by atoms with van der Waals surface area (Å²) < 4.78 is 5.72. The molecule has 0 spiro atoms. The Kier molecular flexibility index (Phi) is 5.40. The lowest BCUT2D eigenvalue weighted by Crippen LogP contribution is -1.97. The van der Waals surface area contributed by atoms with E-state index in [-0.39, 0.29) is 6.61 Å². The molecule has 0 aliphatic rings. The largest absolute Gasteiger partial charge is 0.494 e. The van der Waals surface area contributed by atoms with E-state index in [1.807, 2.05) is 36.4 Å². The molecule has 0 aliphatic carbocycles. The monoisotopic (exact) mass is 269 g/mol. The number of ether oxygens (including phenoxy) is 1. The summed E-state index contributed by atoms with van der Waals surface area (Å²) >= 11 is 0. The van der Waals surface area contributed by atoms with E-state index in [1.165, 1.54) is 0 Å². The van der Waals surface area contributed by atoms with Gasteiger partial charge in [-0.15, -0.1) is 0 Å². The standard InChI is InChI=1S/C17H19NO2/c18-13-14-5-6-16-12-17(8-7-15(16)11-14)20-10-4-2-1-3-9-19/h5-8,11-12,19H,1-4,9-10H2. The van der Waals surface area contributed by atoms with E-state index in [0.717, 1.165) is 42.2 Å². The molecule has 0 fully saturated rings. The fraction of sp³-hybridized carbons (Fsp3) is 0.353. The van der Waals surface area contributed by atoms with Crippen LogP contribution in [-0.4, -0.2) is 18.3 Å². The lowest BCUT2D eigenvalue weighted by molar-refractivity contribution is 0.273. The average Bonchev–Trinajstić information content (AvgIpc) is 2.50.